The number of aryl methyl sites for hydroxylation is 1. The van der Waals surface area contributed by atoms with Crippen LogP contribution in [0.1, 0.15) is 11.3 Å². The lowest BCUT2D eigenvalue weighted by Crippen LogP contribution is -1.96. The largest absolute Gasteiger partial charge is 0.278 e. The first-order chi connectivity index (χ1) is 12.7. The summed E-state index contributed by atoms with van der Waals surface area (Å²) < 4.78 is 1.72. The smallest absolute Gasteiger partial charge is 0.142 e. The highest BCUT2D eigenvalue weighted by Gasteiger charge is 2.12. The van der Waals surface area contributed by atoms with Crippen molar-refractivity contribution in [3.63, 3.8) is 0 Å². The molecule has 0 bridgehead atoms. The summed E-state index contributed by atoms with van der Waals surface area (Å²) >= 11 is 6.51. The van der Waals surface area contributed by atoms with Gasteiger partial charge in [0, 0.05) is 0 Å². The van der Waals surface area contributed by atoms with Gasteiger partial charge in [-0.15, -0.1) is 0 Å². The van der Waals surface area contributed by atoms with E-state index in [-0.39, 0.29) is 0 Å². The maximum atomic E-state index is 6.51. The second-order valence-corrected chi connectivity index (χ2v) is 6.33. The highest BCUT2D eigenvalue weighted by molar-refractivity contribution is 6.32. The Balaban J connectivity index is 1.57. The summed E-state index contributed by atoms with van der Waals surface area (Å²) in [6.45, 7) is 1.92. The Labute approximate surface area is 156 Å². The minimum absolute atomic E-state index is 0.540. The third-order valence-corrected chi connectivity index (χ3v) is 4.55. The van der Waals surface area contributed by atoms with Crippen LogP contribution in [0.4, 0.5) is 5.69 Å². The van der Waals surface area contributed by atoms with E-state index in [2.05, 4.69) is 39.9 Å². The number of hydrazone groups is 1. The van der Waals surface area contributed by atoms with Gasteiger partial charge in [0.25, 0.3) is 0 Å². The van der Waals surface area contributed by atoms with E-state index in [1.54, 1.807) is 10.9 Å². The molecule has 4 nitrogen and oxygen atoms in total. The third-order valence-electron chi connectivity index (χ3n) is 4.19. The Bertz CT molecular complexity index is 1080. The van der Waals surface area contributed by atoms with Crippen LogP contribution in [-0.4, -0.2) is 16.0 Å². The highest BCUT2D eigenvalue weighted by Crippen LogP contribution is 2.22. The van der Waals surface area contributed by atoms with Crippen LogP contribution < -0.4 is 5.43 Å². The van der Waals surface area contributed by atoms with Crippen molar-refractivity contribution in [3.8, 4) is 5.69 Å². The summed E-state index contributed by atoms with van der Waals surface area (Å²) in [4.78, 5) is 0. The quantitative estimate of drug-likeness (QED) is 0.389. The molecule has 1 aromatic heterocycles. The van der Waals surface area contributed by atoms with E-state index in [0.29, 0.717) is 5.15 Å². The van der Waals surface area contributed by atoms with E-state index in [1.165, 1.54) is 10.8 Å². The number of fused-ring (bicyclic) bond motifs is 1. The maximum absolute atomic E-state index is 6.51. The summed E-state index contributed by atoms with van der Waals surface area (Å²) in [5, 5.41) is 11.8. The SMILES string of the molecule is Cc1nn(-c2ccccc2)c(Cl)c1C=NNc1ccc2ccccc2c1. The maximum Gasteiger partial charge on any atom is 0.142 e. The van der Waals surface area contributed by atoms with Crippen LogP contribution in [0.5, 0.6) is 0 Å². The zero-order valence-electron chi connectivity index (χ0n) is 14.2. The monoisotopic (exact) mass is 360 g/mol. The molecule has 0 saturated carbocycles. The second kappa shape index (κ2) is 7.02. The molecule has 0 radical (unpaired) electrons. The van der Waals surface area contributed by atoms with E-state index < -0.39 is 0 Å². The van der Waals surface area contributed by atoms with E-state index in [9.17, 15) is 0 Å². The number of nitrogens with one attached hydrogen (secondary N) is 1. The molecule has 4 rings (SSSR count). The van der Waals surface area contributed by atoms with Gasteiger partial charge >= 0.3 is 0 Å². The van der Waals surface area contributed by atoms with E-state index in [1.807, 2.05) is 55.5 Å². The van der Waals surface area contributed by atoms with Gasteiger partial charge in [0.05, 0.1) is 28.8 Å². The van der Waals surface area contributed by atoms with E-state index in [0.717, 1.165) is 22.6 Å². The summed E-state index contributed by atoms with van der Waals surface area (Å²) in [6, 6.07) is 24.2. The van der Waals surface area contributed by atoms with Crippen molar-refractivity contribution in [2.24, 2.45) is 5.10 Å². The molecule has 0 aliphatic heterocycles. The Morgan fingerprint density at radius 3 is 2.50 bits per heavy atom. The van der Waals surface area contributed by atoms with Gasteiger partial charge in [0.15, 0.2) is 0 Å². The van der Waals surface area contributed by atoms with Gasteiger partial charge in [-0.3, -0.25) is 5.43 Å². The Hall–Kier alpha value is -3.11. The molecular weight excluding hydrogens is 344 g/mol. The van der Waals surface area contributed by atoms with Crippen molar-refractivity contribution in [1.29, 1.82) is 0 Å². The molecule has 26 heavy (non-hydrogen) atoms. The van der Waals surface area contributed by atoms with Crippen LogP contribution in [-0.2, 0) is 0 Å². The lowest BCUT2D eigenvalue weighted by molar-refractivity contribution is 0.863. The number of para-hydroxylation sites is 1. The van der Waals surface area contributed by atoms with Crippen molar-refractivity contribution in [3.05, 3.63) is 89.2 Å². The van der Waals surface area contributed by atoms with Crippen LogP contribution in [0.2, 0.25) is 5.15 Å². The average molecular weight is 361 g/mol. The molecule has 1 heterocycles. The molecule has 1 N–H and O–H groups in total. The van der Waals surface area contributed by atoms with Crippen LogP contribution in [0, 0.1) is 6.92 Å². The molecule has 0 amide bonds. The van der Waals surface area contributed by atoms with E-state index >= 15 is 0 Å². The Morgan fingerprint density at radius 1 is 0.962 bits per heavy atom. The van der Waals surface area contributed by atoms with Crippen molar-refractivity contribution in [1.82, 2.24) is 9.78 Å². The normalized spacial score (nSPS) is 11.3. The van der Waals surface area contributed by atoms with Gasteiger partial charge in [-0.05, 0) is 42.0 Å². The first-order valence-corrected chi connectivity index (χ1v) is 8.68. The zero-order chi connectivity index (χ0) is 17.9. The fourth-order valence-corrected chi connectivity index (χ4v) is 3.15. The molecule has 0 atom stereocenters. The first-order valence-electron chi connectivity index (χ1n) is 8.31. The van der Waals surface area contributed by atoms with Crippen molar-refractivity contribution in [2.75, 3.05) is 5.43 Å². The lowest BCUT2D eigenvalue weighted by atomic mass is 10.1. The molecule has 4 aromatic rings. The topological polar surface area (TPSA) is 42.2 Å². The predicted molar refractivity (Wildman–Crippen MR) is 108 cm³/mol. The Kier molecular flexibility index (Phi) is 4.42. The van der Waals surface area contributed by atoms with Crippen LogP contribution in [0.25, 0.3) is 16.5 Å². The molecule has 0 unspecified atom stereocenters. The van der Waals surface area contributed by atoms with Gasteiger partial charge in [-0.25, -0.2) is 4.68 Å². The number of halogens is 1. The van der Waals surface area contributed by atoms with Crippen LogP contribution >= 0.6 is 11.6 Å². The molecule has 0 spiro atoms. The standard InChI is InChI=1S/C21H17ClN4/c1-15-20(21(22)26(25-15)19-9-3-2-4-10-19)14-23-24-18-12-11-16-7-5-6-8-17(16)13-18/h2-14,24H,1H3. The molecule has 0 aliphatic rings. The minimum Gasteiger partial charge on any atom is -0.278 e. The molecule has 0 aliphatic carbocycles. The number of rotatable bonds is 4. The molecule has 0 fully saturated rings. The average Bonchev–Trinajstić information content (AvgIpc) is 2.97. The van der Waals surface area contributed by atoms with Gasteiger partial charge in [0.1, 0.15) is 5.15 Å². The third kappa shape index (κ3) is 3.19. The number of benzene rings is 3. The summed E-state index contributed by atoms with van der Waals surface area (Å²) in [5.41, 5.74) is 6.52. The molecule has 128 valence electrons. The molecular formula is C21H17ClN4. The van der Waals surface area contributed by atoms with Gasteiger partial charge in [-0.2, -0.15) is 10.2 Å². The fraction of sp³-hybridized carbons (Fsp3) is 0.0476. The van der Waals surface area contributed by atoms with Crippen molar-refractivity contribution in [2.45, 2.75) is 6.92 Å². The summed E-state index contributed by atoms with van der Waals surface area (Å²) in [6.07, 6.45) is 1.71. The second-order valence-electron chi connectivity index (χ2n) is 5.97. The number of aromatic nitrogens is 2. The van der Waals surface area contributed by atoms with Gasteiger partial charge in [-0.1, -0.05) is 60.1 Å². The van der Waals surface area contributed by atoms with E-state index in [4.69, 9.17) is 11.6 Å². The van der Waals surface area contributed by atoms with Gasteiger partial charge in [0.2, 0.25) is 0 Å². The summed E-state index contributed by atoms with van der Waals surface area (Å²) in [5.74, 6) is 0. The minimum atomic E-state index is 0.540. The zero-order valence-corrected chi connectivity index (χ0v) is 15.0. The summed E-state index contributed by atoms with van der Waals surface area (Å²) in [7, 11) is 0. The number of hydrogen-bond acceptors (Lipinski definition) is 3. The first kappa shape index (κ1) is 16.4. The fourth-order valence-electron chi connectivity index (χ4n) is 2.83. The van der Waals surface area contributed by atoms with Crippen LogP contribution in [0.3, 0.4) is 0 Å². The van der Waals surface area contributed by atoms with Gasteiger partial charge < -0.3 is 0 Å². The molecule has 0 saturated heterocycles. The number of anilines is 1. The van der Waals surface area contributed by atoms with Crippen molar-refractivity contribution < 1.29 is 0 Å². The number of nitrogens with zero attached hydrogens (tertiary/aromatic N) is 3. The van der Waals surface area contributed by atoms with Crippen LogP contribution in [0.15, 0.2) is 77.9 Å². The Morgan fingerprint density at radius 2 is 1.69 bits per heavy atom. The lowest BCUT2D eigenvalue weighted by Gasteiger charge is -2.03. The van der Waals surface area contributed by atoms with Crippen molar-refractivity contribution >= 4 is 34.3 Å². The highest BCUT2D eigenvalue weighted by atomic mass is 35.5. The molecule has 5 heteroatoms. The molecule has 3 aromatic carbocycles. The number of hydrogen-bond donors (Lipinski definition) is 1. The predicted octanol–water partition coefficient (Wildman–Crippen LogP) is 5.43.